The fraction of sp³-hybridized carbons (Fsp3) is 0.381. The Hall–Kier alpha value is -2.98. The third-order valence-corrected chi connectivity index (χ3v) is 6.97. The molecule has 0 aliphatic carbocycles. The van der Waals surface area contributed by atoms with Crippen LogP contribution in [0.25, 0.3) is 10.3 Å². The van der Waals surface area contributed by atoms with Gasteiger partial charge in [-0.15, -0.1) is 0 Å². The number of piperidine rings is 1. The molecule has 2 amide bonds. The Bertz CT molecular complexity index is 1200. The van der Waals surface area contributed by atoms with Gasteiger partial charge in [0.2, 0.25) is 11.8 Å². The molecule has 168 valence electrons. The van der Waals surface area contributed by atoms with Gasteiger partial charge in [0.1, 0.15) is 17.6 Å². The van der Waals surface area contributed by atoms with E-state index >= 15 is 0 Å². The molecule has 1 fully saturated rings. The number of benzene rings is 1. The van der Waals surface area contributed by atoms with Crippen LogP contribution in [0.5, 0.6) is 0 Å². The Balaban J connectivity index is 1.43. The topological polar surface area (TPSA) is 109 Å². The highest BCUT2D eigenvalue weighted by atomic mass is 35.5. The van der Waals surface area contributed by atoms with Crippen LogP contribution >= 0.6 is 22.9 Å². The molecule has 0 bridgehead atoms. The highest BCUT2D eigenvalue weighted by Gasteiger charge is 2.26. The van der Waals surface area contributed by atoms with Crippen molar-refractivity contribution in [3.8, 4) is 0 Å². The SMILES string of the molecule is CNC(=O)C1CCN(c2nc3ncn(CC(=O)NCc4ccccc4Cl)c(=O)c3s2)CC1. The first-order valence-electron chi connectivity index (χ1n) is 10.3. The Morgan fingerprint density at radius 2 is 2.00 bits per heavy atom. The van der Waals surface area contributed by atoms with Gasteiger partial charge in [0, 0.05) is 37.6 Å². The molecule has 2 N–H and O–H groups in total. The van der Waals surface area contributed by atoms with Crippen molar-refractivity contribution in [1.29, 1.82) is 0 Å². The number of halogens is 1. The molecular weight excluding hydrogens is 452 g/mol. The molecule has 9 nitrogen and oxygen atoms in total. The standard InChI is InChI=1S/C21H23ClN6O3S/c1-23-19(30)13-6-8-27(9-7-13)21-26-18-17(32-21)20(31)28(12-25-18)11-16(29)24-10-14-4-2-3-5-15(14)22/h2-5,12-13H,6-11H2,1H3,(H,23,30)(H,24,29). The van der Waals surface area contributed by atoms with Crippen LogP contribution in [0.3, 0.4) is 0 Å². The monoisotopic (exact) mass is 474 g/mol. The predicted octanol–water partition coefficient (Wildman–Crippen LogP) is 1.79. The Kier molecular flexibility index (Phi) is 6.71. The summed E-state index contributed by atoms with van der Waals surface area (Å²) in [4.78, 5) is 47.9. The molecule has 32 heavy (non-hydrogen) atoms. The molecule has 11 heteroatoms. The maximum absolute atomic E-state index is 12.9. The number of fused-ring (bicyclic) bond motifs is 1. The van der Waals surface area contributed by atoms with E-state index in [0.717, 1.165) is 18.4 Å². The molecule has 0 atom stereocenters. The second-order valence-electron chi connectivity index (χ2n) is 7.57. The maximum atomic E-state index is 12.9. The Morgan fingerprint density at radius 1 is 1.25 bits per heavy atom. The van der Waals surface area contributed by atoms with E-state index < -0.39 is 0 Å². The van der Waals surface area contributed by atoms with E-state index in [9.17, 15) is 14.4 Å². The van der Waals surface area contributed by atoms with Crippen molar-refractivity contribution in [3.05, 3.63) is 51.5 Å². The molecule has 0 saturated carbocycles. The number of hydrogen-bond acceptors (Lipinski definition) is 7. The zero-order chi connectivity index (χ0) is 22.7. The molecule has 4 rings (SSSR count). The first-order chi connectivity index (χ1) is 15.5. The van der Waals surface area contributed by atoms with E-state index in [0.29, 0.717) is 33.6 Å². The van der Waals surface area contributed by atoms with Crippen molar-refractivity contribution in [2.24, 2.45) is 5.92 Å². The molecule has 0 radical (unpaired) electrons. The molecule has 2 aromatic heterocycles. The van der Waals surface area contributed by atoms with Crippen LogP contribution in [0, 0.1) is 5.92 Å². The number of anilines is 1. The van der Waals surface area contributed by atoms with Crippen LogP contribution in [0.2, 0.25) is 5.02 Å². The number of rotatable bonds is 6. The zero-order valence-corrected chi connectivity index (χ0v) is 19.1. The van der Waals surface area contributed by atoms with Crippen molar-refractivity contribution in [1.82, 2.24) is 25.2 Å². The number of hydrogen-bond donors (Lipinski definition) is 2. The molecular formula is C21H23ClN6O3S. The van der Waals surface area contributed by atoms with Crippen LogP contribution in [-0.4, -0.2) is 46.5 Å². The summed E-state index contributed by atoms with van der Waals surface area (Å²) in [6.45, 7) is 1.52. The van der Waals surface area contributed by atoms with Gasteiger partial charge in [-0.2, -0.15) is 4.98 Å². The number of nitrogens with one attached hydrogen (secondary N) is 2. The number of aromatic nitrogens is 3. The largest absolute Gasteiger partial charge is 0.359 e. The molecule has 3 aromatic rings. The number of carbonyl (C=O) groups is 2. The Morgan fingerprint density at radius 3 is 2.72 bits per heavy atom. The van der Waals surface area contributed by atoms with Gasteiger partial charge in [-0.1, -0.05) is 41.1 Å². The summed E-state index contributed by atoms with van der Waals surface area (Å²) in [6.07, 6.45) is 2.82. The summed E-state index contributed by atoms with van der Waals surface area (Å²) in [5.74, 6) is -0.245. The summed E-state index contributed by atoms with van der Waals surface area (Å²) in [5, 5.41) is 6.75. The lowest BCUT2D eigenvalue weighted by Gasteiger charge is -2.30. The maximum Gasteiger partial charge on any atom is 0.273 e. The van der Waals surface area contributed by atoms with Crippen molar-refractivity contribution >= 4 is 50.2 Å². The van der Waals surface area contributed by atoms with E-state index in [1.54, 1.807) is 13.1 Å². The van der Waals surface area contributed by atoms with Gasteiger partial charge in [-0.25, -0.2) is 4.98 Å². The highest BCUT2D eigenvalue weighted by molar-refractivity contribution is 7.22. The van der Waals surface area contributed by atoms with Crippen LogP contribution in [-0.2, 0) is 22.7 Å². The first-order valence-corrected chi connectivity index (χ1v) is 11.5. The van der Waals surface area contributed by atoms with Crippen LogP contribution in [0.15, 0.2) is 35.4 Å². The molecule has 1 aliphatic heterocycles. The molecule has 3 heterocycles. The number of amides is 2. The van der Waals surface area contributed by atoms with E-state index in [2.05, 4.69) is 25.5 Å². The summed E-state index contributed by atoms with van der Waals surface area (Å²) in [7, 11) is 1.65. The summed E-state index contributed by atoms with van der Waals surface area (Å²) >= 11 is 7.38. The average Bonchev–Trinajstić information content (AvgIpc) is 3.25. The minimum atomic E-state index is -0.311. The first kappa shape index (κ1) is 22.2. The molecule has 1 aromatic carbocycles. The lowest BCUT2D eigenvalue weighted by atomic mass is 9.96. The lowest BCUT2D eigenvalue weighted by Crippen LogP contribution is -2.39. The summed E-state index contributed by atoms with van der Waals surface area (Å²) < 4.78 is 1.69. The van der Waals surface area contributed by atoms with Gasteiger partial charge in [0.05, 0.1) is 0 Å². The van der Waals surface area contributed by atoms with Gasteiger partial charge in [0.25, 0.3) is 5.56 Å². The smallest absolute Gasteiger partial charge is 0.273 e. The van der Waals surface area contributed by atoms with E-state index in [1.807, 2.05) is 18.2 Å². The van der Waals surface area contributed by atoms with E-state index in [4.69, 9.17) is 11.6 Å². The van der Waals surface area contributed by atoms with Crippen LogP contribution in [0.4, 0.5) is 5.13 Å². The second-order valence-corrected chi connectivity index (χ2v) is 8.96. The fourth-order valence-electron chi connectivity index (χ4n) is 3.67. The van der Waals surface area contributed by atoms with E-state index in [-0.39, 0.29) is 36.4 Å². The van der Waals surface area contributed by atoms with Crippen LogP contribution < -0.4 is 21.1 Å². The van der Waals surface area contributed by atoms with Crippen molar-refractivity contribution in [2.45, 2.75) is 25.9 Å². The molecule has 1 aliphatic rings. The second kappa shape index (κ2) is 9.66. The third-order valence-electron chi connectivity index (χ3n) is 5.50. The quantitative estimate of drug-likeness (QED) is 0.563. The van der Waals surface area contributed by atoms with E-state index in [1.165, 1.54) is 22.2 Å². The van der Waals surface area contributed by atoms with Gasteiger partial charge in [-0.05, 0) is 24.5 Å². The highest BCUT2D eigenvalue weighted by Crippen LogP contribution is 2.29. The predicted molar refractivity (Wildman–Crippen MR) is 124 cm³/mol. The minimum absolute atomic E-state index is 0.00487. The molecule has 0 spiro atoms. The Labute approximate surface area is 193 Å². The fourth-order valence-corrected chi connectivity index (χ4v) is 4.89. The van der Waals surface area contributed by atoms with Crippen molar-refractivity contribution in [3.63, 3.8) is 0 Å². The van der Waals surface area contributed by atoms with Gasteiger partial charge < -0.3 is 15.5 Å². The minimum Gasteiger partial charge on any atom is -0.359 e. The molecule has 1 saturated heterocycles. The average molecular weight is 475 g/mol. The van der Waals surface area contributed by atoms with Crippen molar-refractivity contribution < 1.29 is 9.59 Å². The normalized spacial score (nSPS) is 14.5. The summed E-state index contributed by atoms with van der Waals surface area (Å²) in [5.41, 5.74) is 0.874. The molecule has 0 unspecified atom stereocenters. The number of carbonyl (C=O) groups excluding carboxylic acids is 2. The van der Waals surface area contributed by atoms with Gasteiger partial charge >= 0.3 is 0 Å². The summed E-state index contributed by atoms with van der Waals surface area (Å²) in [6, 6.07) is 7.26. The van der Waals surface area contributed by atoms with Gasteiger partial charge in [0.15, 0.2) is 10.8 Å². The third kappa shape index (κ3) is 4.76. The number of nitrogens with zero attached hydrogens (tertiary/aromatic N) is 4. The van der Waals surface area contributed by atoms with Crippen LogP contribution in [0.1, 0.15) is 18.4 Å². The van der Waals surface area contributed by atoms with Crippen molar-refractivity contribution in [2.75, 3.05) is 25.0 Å². The lowest BCUT2D eigenvalue weighted by molar-refractivity contribution is -0.125. The van der Waals surface area contributed by atoms with Gasteiger partial charge in [-0.3, -0.25) is 19.0 Å². The zero-order valence-electron chi connectivity index (χ0n) is 17.5. The number of thiazole rings is 1.